The maximum atomic E-state index is 12.0. The summed E-state index contributed by atoms with van der Waals surface area (Å²) in [5.74, 6) is -1.57. The molecule has 68 valence electrons. The summed E-state index contributed by atoms with van der Waals surface area (Å²) in [6.07, 6.45) is -7.14. The monoisotopic (exact) mass is 184 g/mol. The van der Waals surface area contributed by atoms with Crippen molar-refractivity contribution >= 4 is 5.91 Å². The van der Waals surface area contributed by atoms with Crippen LogP contribution in [0.25, 0.3) is 0 Å². The topological polar surface area (TPSA) is 52.9 Å². The molecule has 0 aromatic rings. The van der Waals surface area contributed by atoms with Crippen LogP contribution in [0.1, 0.15) is 0 Å². The first-order valence-corrected chi connectivity index (χ1v) is 2.75. The predicted octanol–water partition coefficient (Wildman–Crippen LogP) is 0.527. The summed E-state index contributed by atoms with van der Waals surface area (Å²) in [5, 5.41) is 8.98. The summed E-state index contributed by atoms with van der Waals surface area (Å²) in [6, 6.07) is 0.855. The zero-order valence-corrected chi connectivity index (χ0v) is 5.65. The van der Waals surface area contributed by atoms with Crippen molar-refractivity contribution in [2.24, 2.45) is 0 Å². The number of amides is 1. The van der Waals surface area contributed by atoms with Gasteiger partial charge in [0.1, 0.15) is 12.6 Å². The summed E-state index contributed by atoms with van der Waals surface area (Å²) >= 11 is 0. The third kappa shape index (κ3) is 4.49. The normalized spacial score (nSPS) is 13.2. The maximum Gasteiger partial charge on any atom is 0.405 e. The molecule has 0 fully saturated rings. The van der Waals surface area contributed by atoms with Crippen molar-refractivity contribution in [1.82, 2.24) is 5.32 Å². The number of nitriles is 1. The van der Waals surface area contributed by atoms with Gasteiger partial charge in [-0.2, -0.15) is 18.4 Å². The summed E-state index contributed by atoms with van der Waals surface area (Å²) in [5.41, 5.74) is 0. The third-order valence-corrected chi connectivity index (χ3v) is 0.807. The number of carbonyl (C=O) groups is 1. The number of alkyl halides is 4. The van der Waals surface area contributed by atoms with E-state index in [9.17, 15) is 22.4 Å². The molecule has 0 rings (SSSR count). The first kappa shape index (κ1) is 10.7. The minimum Gasteiger partial charge on any atom is -0.344 e. The van der Waals surface area contributed by atoms with Crippen molar-refractivity contribution in [2.45, 2.75) is 12.3 Å². The summed E-state index contributed by atoms with van der Waals surface area (Å²) < 4.78 is 46.1. The number of hydrogen-bond donors (Lipinski definition) is 1. The Balaban J connectivity index is 3.82. The molecule has 0 spiro atoms. The van der Waals surface area contributed by atoms with Crippen molar-refractivity contribution in [1.29, 1.82) is 5.26 Å². The Morgan fingerprint density at radius 1 is 1.58 bits per heavy atom. The van der Waals surface area contributed by atoms with Crippen LogP contribution in [0.2, 0.25) is 0 Å². The van der Waals surface area contributed by atoms with Gasteiger partial charge in [0.15, 0.2) is 0 Å². The average molecular weight is 184 g/mol. The van der Waals surface area contributed by atoms with Crippen LogP contribution >= 0.6 is 0 Å². The minimum absolute atomic E-state index is 0.855. The van der Waals surface area contributed by atoms with E-state index in [1.807, 2.05) is 0 Å². The van der Waals surface area contributed by atoms with E-state index >= 15 is 0 Å². The molecule has 3 nitrogen and oxygen atoms in total. The lowest BCUT2D eigenvalue weighted by Crippen LogP contribution is -2.38. The highest BCUT2D eigenvalue weighted by molar-refractivity contribution is 5.83. The van der Waals surface area contributed by atoms with Crippen LogP contribution in [0.3, 0.4) is 0 Å². The van der Waals surface area contributed by atoms with Gasteiger partial charge in [-0.1, -0.05) is 0 Å². The predicted molar refractivity (Wildman–Crippen MR) is 29.6 cm³/mol. The van der Waals surface area contributed by atoms with E-state index in [0.717, 1.165) is 6.07 Å². The van der Waals surface area contributed by atoms with Crippen LogP contribution in [-0.4, -0.2) is 24.8 Å². The molecule has 0 aliphatic carbocycles. The highest BCUT2D eigenvalue weighted by Gasteiger charge is 2.29. The highest BCUT2D eigenvalue weighted by atomic mass is 19.4. The van der Waals surface area contributed by atoms with E-state index in [4.69, 9.17) is 5.26 Å². The molecule has 1 unspecified atom stereocenters. The molecule has 1 N–H and O–H groups in total. The Morgan fingerprint density at radius 2 is 2.08 bits per heavy atom. The second-order valence-corrected chi connectivity index (χ2v) is 1.82. The zero-order chi connectivity index (χ0) is 9.78. The van der Waals surface area contributed by atoms with Gasteiger partial charge >= 0.3 is 6.18 Å². The van der Waals surface area contributed by atoms with Gasteiger partial charge in [0.2, 0.25) is 0 Å². The van der Waals surface area contributed by atoms with Crippen molar-refractivity contribution < 1.29 is 22.4 Å². The van der Waals surface area contributed by atoms with E-state index in [0.29, 0.717) is 0 Å². The first-order valence-electron chi connectivity index (χ1n) is 2.75. The van der Waals surface area contributed by atoms with E-state index in [1.165, 1.54) is 5.32 Å². The lowest BCUT2D eigenvalue weighted by Gasteiger charge is -2.07. The Bertz CT molecular complexity index is 206. The Morgan fingerprint density at radius 3 is 2.42 bits per heavy atom. The van der Waals surface area contributed by atoms with Crippen LogP contribution in [0.5, 0.6) is 0 Å². The van der Waals surface area contributed by atoms with Crippen molar-refractivity contribution in [3.05, 3.63) is 0 Å². The molecule has 0 heterocycles. The van der Waals surface area contributed by atoms with Crippen molar-refractivity contribution in [3.63, 3.8) is 0 Å². The van der Waals surface area contributed by atoms with E-state index in [-0.39, 0.29) is 0 Å². The van der Waals surface area contributed by atoms with Gasteiger partial charge in [0.25, 0.3) is 12.1 Å². The molecule has 0 aromatic heterocycles. The van der Waals surface area contributed by atoms with Crippen LogP contribution in [0.15, 0.2) is 0 Å². The Labute approximate surface area is 65.0 Å². The summed E-state index contributed by atoms with van der Waals surface area (Å²) in [7, 11) is 0. The number of hydrogen-bond acceptors (Lipinski definition) is 2. The van der Waals surface area contributed by atoms with Crippen LogP contribution in [0, 0.1) is 11.3 Å². The zero-order valence-electron chi connectivity index (χ0n) is 5.65. The fourth-order valence-electron chi connectivity index (χ4n) is 0.336. The van der Waals surface area contributed by atoms with Crippen molar-refractivity contribution in [3.8, 4) is 6.07 Å². The summed E-state index contributed by atoms with van der Waals surface area (Å²) in [4.78, 5) is 10.2. The van der Waals surface area contributed by atoms with E-state index in [2.05, 4.69) is 0 Å². The third-order valence-electron chi connectivity index (χ3n) is 0.807. The van der Waals surface area contributed by atoms with Crippen LogP contribution in [0.4, 0.5) is 17.6 Å². The Hall–Kier alpha value is -1.32. The number of nitrogens with zero attached hydrogens (tertiary/aromatic N) is 1. The largest absolute Gasteiger partial charge is 0.405 e. The molecule has 0 aliphatic rings. The quantitative estimate of drug-likeness (QED) is 0.636. The maximum absolute atomic E-state index is 12.0. The molecular formula is C5H4F4N2O. The van der Waals surface area contributed by atoms with Gasteiger partial charge in [-0.25, -0.2) is 4.39 Å². The molecule has 1 amide bonds. The number of halogens is 4. The van der Waals surface area contributed by atoms with Crippen LogP contribution < -0.4 is 5.32 Å². The number of nitrogens with one attached hydrogen (secondary N) is 1. The van der Waals surface area contributed by atoms with Gasteiger partial charge in [0, 0.05) is 0 Å². The van der Waals surface area contributed by atoms with Crippen LogP contribution in [-0.2, 0) is 4.79 Å². The molecule has 0 aliphatic heterocycles. The first-order chi connectivity index (χ1) is 5.37. The van der Waals surface area contributed by atoms with Crippen molar-refractivity contribution in [2.75, 3.05) is 6.54 Å². The molecule has 0 saturated heterocycles. The second kappa shape index (κ2) is 3.90. The molecule has 12 heavy (non-hydrogen) atoms. The molecule has 0 bridgehead atoms. The second-order valence-electron chi connectivity index (χ2n) is 1.82. The van der Waals surface area contributed by atoms with Gasteiger partial charge in [-0.3, -0.25) is 4.79 Å². The molecule has 0 aromatic carbocycles. The lowest BCUT2D eigenvalue weighted by molar-refractivity contribution is -0.140. The average Bonchev–Trinajstić information content (AvgIpc) is 1.97. The minimum atomic E-state index is -4.59. The number of rotatable bonds is 2. The summed E-state index contributed by atoms with van der Waals surface area (Å²) in [6.45, 7) is -1.63. The molecule has 0 saturated carbocycles. The molecular weight excluding hydrogens is 180 g/mol. The molecule has 1 atom stereocenters. The number of carbonyl (C=O) groups excluding carboxylic acids is 1. The van der Waals surface area contributed by atoms with Gasteiger partial charge in [-0.15, -0.1) is 0 Å². The molecule has 7 heteroatoms. The van der Waals surface area contributed by atoms with Gasteiger partial charge < -0.3 is 5.32 Å². The van der Waals surface area contributed by atoms with Gasteiger partial charge in [0.05, 0.1) is 0 Å². The van der Waals surface area contributed by atoms with E-state index in [1.54, 1.807) is 0 Å². The van der Waals surface area contributed by atoms with E-state index < -0.39 is 24.8 Å². The standard InChI is InChI=1S/C5H4F4N2O/c6-3(1-10)4(12)11-2-5(7,8)9/h3H,2H2,(H,11,12). The fraction of sp³-hybridized carbons (Fsp3) is 0.600. The molecule has 0 radical (unpaired) electrons. The Kier molecular flexibility index (Phi) is 3.47. The fourth-order valence-corrected chi connectivity index (χ4v) is 0.336. The smallest absolute Gasteiger partial charge is 0.344 e. The lowest BCUT2D eigenvalue weighted by atomic mass is 10.4. The SMILES string of the molecule is N#CC(F)C(=O)NCC(F)(F)F. The van der Waals surface area contributed by atoms with Gasteiger partial charge in [-0.05, 0) is 0 Å². The highest BCUT2D eigenvalue weighted by Crippen LogP contribution is 2.12.